The molecule has 1 saturated heterocycles. The third-order valence-electron chi connectivity index (χ3n) is 2.98. The van der Waals surface area contributed by atoms with Gasteiger partial charge < -0.3 is 0 Å². The van der Waals surface area contributed by atoms with Gasteiger partial charge in [0.2, 0.25) is 11.8 Å². The fraction of sp³-hybridized carbons (Fsp3) is 0.727. The Morgan fingerprint density at radius 2 is 1.44 bits per heavy atom. The first-order chi connectivity index (χ1) is 7.30. The Morgan fingerprint density at radius 1 is 1.00 bits per heavy atom. The molecular formula is C11H18N2O3. The van der Waals surface area contributed by atoms with Crippen molar-refractivity contribution in [1.29, 1.82) is 0 Å². The summed E-state index contributed by atoms with van der Waals surface area (Å²) in [7, 11) is 0. The highest BCUT2D eigenvalue weighted by molar-refractivity contribution is 6.19. The minimum Gasteiger partial charge on any atom is -0.277 e. The fourth-order valence-electron chi connectivity index (χ4n) is 2.15. The summed E-state index contributed by atoms with van der Waals surface area (Å²) < 4.78 is 0. The van der Waals surface area contributed by atoms with Crippen LogP contribution in [0.15, 0.2) is 0 Å². The van der Waals surface area contributed by atoms with Crippen LogP contribution in [0.2, 0.25) is 0 Å². The highest BCUT2D eigenvalue weighted by Crippen LogP contribution is 2.36. The minimum atomic E-state index is -1.12. The largest absolute Gasteiger partial charge is 0.328 e. The van der Waals surface area contributed by atoms with Crippen LogP contribution in [0.3, 0.4) is 0 Å². The quantitative estimate of drug-likeness (QED) is 0.706. The van der Waals surface area contributed by atoms with E-state index in [1.807, 2.05) is 27.7 Å². The Morgan fingerprint density at radius 3 is 1.75 bits per heavy atom. The van der Waals surface area contributed by atoms with E-state index in [-0.39, 0.29) is 11.8 Å². The zero-order valence-electron chi connectivity index (χ0n) is 10.1. The summed E-state index contributed by atoms with van der Waals surface area (Å²) in [6, 6.07) is -0.727. The second-order valence-electron chi connectivity index (χ2n) is 4.96. The molecule has 4 amide bonds. The van der Waals surface area contributed by atoms with Crippen molar-refractivity contribution in [3.8, 4) is 0 Å². The molecule has 5 heteroatoms. The van der Waals surface area contributed by atoms with Crippen LogP contribution in [-0.2, 0) is 9.59 Å². The van der Waals surface area contributed by atoms with Crippen molar-refractivity contribution in [1.82, 2.24) is 10.6 Å². The van der Waals surface area contributed by atoms with Gasteiger partial charge in [-0.15, -0.1) is 0 Å². The Hall–Kier alpha value is -1.39. The summed E-state index contributed by atoms with van der Waals surface area (Å²) in [5.41, 5.74) is -1.12. The van der Waals surface area contributed by atoms with E-state index < -0.39 is 23.3 Å². The van der Waals surface area contributed by atoms with Gasteiger partial charge >= 0.3 is 6.03 Å². The Balaban J connectivity index is 3.12. The van der Waals surface area contributed by atoms with E-state index in [9.17, 15) is 14.4 Å². The molecule has 0 saturated carbocycles. The first kappa shape index (κ1) is 12.7. The number of carbonyl (C=O) groups excluding carboxylic acids is 3. The number of carbonyl (C=O) groups is 3. The number of nitrogens with one attached hydrogen (secondary N) is 2. The standard InChI is InChI=1S/C11H18N2O3/c1-6(2)5-11(7(3)4)8(14)12-10(16)13-9(11)15/h6-7H,5H2,1-4H3,(H2,12,13,14,15,16). The molecule has 0 spiro atoms. The highest BCUT2D eigenvalue weighted by atomic mass is 16.2. The number of rotatable bonds is 3. The van der Waals surface area contributed by atoms with Gasteiger partial charge in [0.1, 0.15) is 5.41 Å². The molecule has 0 bridgehead atoms. The van der Waals surface area contributed by atoms with Crippen LogP contribution in [0.25, 0.3) is 0 Å². The van der Waals surface area contributed by atoms with Crippen LogP contribution in [0, 0.1) is 17.3 Å². The van der Waals surface area contributed by atoms with E-state index in [2.05, 4.69) is 10.6 Å². The second kappa shape index (κ2) is 4.23. The van der Waals surface area contributed by atoms with Crippen molar-refractivity contribution in [2.75, 3.05) is 0 Å². The summed E-state index contributed by atoms with van der Waals surface area (Å²) in [6.07, 6.45) is 0.440. The molecular weight excluding hydrogens is 208 g/mol. The maximum Gasteiger partial charge on any atom is 0.328 e. The molecule has 16 heavy (non-hydrogen) atoms. The predicted molar refractivity (Wildman–Crippen MR) is 58.4 cm³/mol. The van der Waals surface area contributed by atoms with Gasteiger partial charge in [-0.25, -0.2) is 4.79 Å². The molecule has 5 nitrogen and oxygen atoms in total. The molecule has 1 rings (SSSR count). The van der Waals surface area contributed by atoms with E-state index in [0.29, 0.717) is 6.42 Å². The Labute approximate surface area is 95.0 Å². The predicted octanol–water partition coefficient (Wildman–Crippen LogP) is 1.04. The molecule has 0 aromatic rings. The number of imide groups is 2. The molecule has 1 aliphatic heterocycles. The minimum absolute atomic E-state index is 0.150. The van der Waals surface area contributed by atoms with Gasteiger partial charge in [0.15, 0.2) is 0 Å². The molecule has 0 aliphatic carbocycles. The van der Waals surface area contributed by atoms with Crippen LogP contribution >= 0.6 is 0 Å². The van der Waals surface area contributed by atoms with Crippen LogP contribution in [0.4, 0.5) is 4.79 Å². The van der Waals surface area contributed by atoms with Gasteiger partial charge in [0.05, 0.1) is 0 Å². The molecule has 0 radical (unpaired) electrons. The van der Waals surface area contributed by atoms with Gasteiger partial charge in [-0.05, 0) is 18.3 Å². The first-order valence-corrected chi connectivity index (χ1v) is 5.47. The van der Waals surface area contributed by atoms with E-state index in [1.54, 1.807) is 0 Å². The van der Waals surface area contributed by atoms with Gasteiger partial charge in [-0.1, -0.05) is 27.7 Å². The number of hydrogen-bond donors (Lipinski definition) is 2. The van der Waals surface area contributed by atoms with E-state index in [4.69, 9.17) is 0 Å². The van der Waals surface area contributed by atoms with Crippen molar-refractivity contribution in [3.05, 3.63) is 0 Å². The third kappa shape index (κ3) is 1.94. The number of urea groups is 1. The van der Waals surface area contributed by atoms with E-state index >= 15 is 0 Å². The molecule has 90 valence electrons. The van der Waals surface area contributed by atoms with Crippen molar-refractivity contribution < 1.29 is 14.4 Å². The maximum atomic E-state index is 11.9. The molecule has 0 aromatic carbocycles. The monoisotopic (exact) mass is 226 g/mol. The second-order valence-corrected chi connectivity index (χ2v) is 4.96. The average Bonchev–Trinajstić information content (AvgIpc) is 2.10. The zero-order chi connectivity index (χ0) is 12.5. The summed E-state index contributed by atoms with van der Waals surface area (Å²) in [4.78, 5) is 34.9. The van der Waals surface area contributed by atoms with Crippen molar-refractivity contribution in [2.45, 2.75) is 34.1 Å². The third-order valence-corrected chi connectivity index (χ3v) is 2.98. The number of hydrogen-bond acceptors (Lipinski definition) is 3. The lowest BCUT2D eigenvalue weighted by Crippen LogP contribution is -2.64. The SMILES string of the molecule is CC(C)CC1(C(C)C)C(=O)NC(=O)NC1=O. The lowest BCUT2D eigenvalue weighted by molar-refractivity contribution is -0.149. The van der Waals surface area contributed by atoms with Crippen LogP contribution in [0.1, 0.15) is 34.1 Å². The smallest absolute Gasteiger partial charge is 0.277 e. The van der Waals surface area contributed by atoms with Crippen molar-refractivity contribution >= 4 is 17.8 Å². The molecule has 0 atom stereocenters. The lowest BCUT2D eigenvalue weighted by atomic mass is 9.69. The lowest BCUT2D eigenvalue weighted by Gasteiger charge is -2.38. The zero-order valence-corrected chi connectivity index (χ0v) is 10.1. The van der Waals surface area contributed by atoms with E-state index in [0.717, 1.165) is 0 Å². The average molecular weight is 226 g/mol. The number of barbiturate groups is 1. The summed E-state index contributed by atoms with van der Waals surface area (Å²) >= 11 is 0. The fourth-order valence-corrected chi connectivity index (χ4v) is 2.15. The summed E-state index contributed by atoms with van der Waals surface area (Å²) in [5.74, 6) is -0.912. The molecule has 1 fully saturated rings. The van der Waals surface area contributed by atoms with Crippen LogP contribution in [-0.4, -0.2) is 17.8 Å². The van der Waals surface area contributed by atoms with Crippen molar-refractivity contribution in [2.24, 2.45) is 17.3 Å². The summed E-state index contributed by atoms with van der Waals surface area (Å²) in [6.45, 7) is 7.52. The van der Waals surface area contributed by atoms with Crippen molar-refractivity contribution in [3.63, 3.8) is 0 Å². The van der Waals surface area contributed by atoms with Crippen LogP contribution in [0.5, 0.6) is 0 Å². The maximum absolute atomic E-state index is 11.9. The first-order valence-electron chi connectivity index (χ1n) is 5.47. The topological polar surface area (TPSA) is 75.3 Å². The normalized spacial score (nSPS) is 20.0. The van der Waals surface area contributed by atoms with Gasteiger partial charge in [-0.2, -0.15) is 0 Å². The van der Waals surface area contributed by atoms with Gasteiger partial charge in [-0.3, -0.25) is 20.2 Å². The Bertz CT molecular complexity index is 314. The summed E-state index contributed by atoms with van der Waals surface area (Å²) in [5, 5.41) is 4.36. The molecule has 1 heterocycles. The van der Waals surface area contributed by atoms with E-state index in [1.165, 1.54) is 0 Å². The molecule has 1 aliphatic rings. The highest BCUT2D eigenvalue weighted by Gasteiger charge is 2.52. The molecule has 0 aromatic heterocycles. The van der Waals surface area contributed by atoms with Gasteiger partial charge in [0, 0.05) is 0 Å². The number of amides is 4. The Kier molecular flexibility index (Phi) is 3.35. The molecule has 0 unspecified atom stereocenters. The molecule has 2 N–H and O–H groups in total. The van der Waals surface area contributed by atoms with Gasteiger partial charge in [0.25, 0.3) is 0 Å². The van der Waals surface area contributed by atoms with Crippen LogP contribution < -0.4 is 10.6 Å².